The van der Waals surface area contributed by atoms with Crippen LogP contribution in [-0.2, 0) is 6.54 Å². The first-order chi connectivity index (χ1) is 13.7. The lowest BCUT2D eigenvalue weighted by Gasteiger charge is -2.06. The van der Waals surface area contributed by atoms with Crippen LogP contribution in [0.1, 0.15) is 4.88 Å². The highest BCUT2D eigenvalue weighted by molar-refractivity contribution is 7.10. The van der Waals surface area contributed by atoms with E-state index in [4.69, 9.17) is 4.74 Å². The van der Waals surface area contributed by atoms with Gasteiger partial charge in [-0.1, -0.05) is 18.2 Å². The second kappa shape index (κ2) is 7.97. The third-order valence-electron chi connectivity index (χ3n) is 4.03. The Labute approximate surface area is 165 Å². The van der Waals surface area contributed by atoms with Crippen LogP contribution in [0, 0.1) is 0 Å². The SMILES string of the molecule is COc1ccc(-c2csc(CNC(=O)NNc3nc4ccccn4n3)c2)cc1. The molecule has 2 amide bonds. The Hall–Kier alpha value is -3.59. The Morgan fingerprint density at radius 3 is 2.82 bits per heavy atom. The number of amides is 2. The van der Waals surface area contributed by atoms with Crippen LogP contribution >= 0.6 is 11.3 Å². The molecule has 0 aliphatic heterocycles. The number of hydrogen-bond acceptors (Lipinski definition) is 6. The lowest BCUT2D eigenvalue weighted by molar-refractivity contribution is 0.242. The number of urea groups is 1. The van der Waals surface area contributed by atoms with Gasteiger partial charge in [0.15, 0.2) is 5.65 Å². The largest absolute Gasteiger partial charge is 0.497 e. The Morgan fingerprint density at radius 1 is 1.18 bits per heavy atom. The third-order valence-corrected chi connectivity index (χ3v) is 4.97. The number of anilines is 1. The zero-order chi connectivity index (χ0) is 19.3. The van der Waals surface area contributed by atoms with Crippen molar-refractivity contribution >= 4 is 29.0 Å². The van der Waals surface area contributed by atoms with Crippen LogP contribution in [0.15, 0.2) is 60.1 Å². The van der Waals surface area contributed by atoms with E-state index in [1.807, 2.05) is 42.5 Å². The van der Waals surface area contributed by atoms with Gasteiger partial charge in [-0.3, -0.25) is 5.43 Å². The smallest absolute Gasteiger partial charge is 0.333 e. The van der Waals surface area contributed by atoms with Crippen molar-refractivity contribution in [2.45, 2.75) is 6.54 Å². The quantitative estimate of drug-likeness (QED) is 0.437. The number of aromatic nitrogens is 3. The van der Waals surface area contributed by atoms with Crippen molar-refractivity contribution in [1.82, 2.24) is 25.3 Å². The predicted octanol–water partition coefficient (Wildman–Crippen LogP) is 3.29. The summed E-state index contributed by atoms with van der Waals surface area (Å²) < 4.78 is 6.80. The monoisotopic (exact) mass is 394 g/mol. The molecule has 3 aromatic heterocycles. The van der Waals surface area contributed by atoms with Gasteiger partial charge < -0.3 is 10.1 Å². The van der Waals surface area contributed by atoms with Crippen molar-refractivity contribution in [2.24, 2.45) is 0 Å². The fourth-order valence-corrected chi connectivity index (χ4v) is 3.45. The summed E-state index contributed by atoms with van der Waals surface area (Å²) in [5.74, 6) is 1.14. The number of methoxy groups -OCH3 is 1. The van der Waals surface area contributed by atoms with Gasteiger partial charge in [0.2, 0.25) is 0 Å². The van der Waals surface area contributed by atoms with E-state index in [0.717, 1.165) is 21.8 Å². The van der Waals surface area contributed by atoms with Crippen molar-refractivity contribution in [3.8, 4) is 16.9 Å². The van der Waals surface area contributed by atoms with Crippen LogP contribution in [0.25, 0.3) is 16.8 Å². The number of pyridine rings is 1. The minimum atomic E-state index is -0.363. The van der Waals surface area contributed by atoms with E-state index < -0.39 is 0 Å². The number of hydrogen-bond donors (Lipinski definition) is 3. The Kier molecular flexibility index (Phi) is 5.07. The van der Waals surface area contributed by atoms with E-state index in [2.05, 4.69) is 37.7 Å². The molecule has 0 radical (unpaired) electrons. The van der Waals surface area contributed by atoms with Gasteiger partial charge in [-0.25, -0.2) is 14.7 Å². The summed E-state index contributed by atoms with van der Waals surface area (Å²) in [5.41, 5.74) is 8.14. The highest BCUT2D eigenvalue weighted by atomic mass is 32.1. The maximum absolute atomic E-state index is 12.0. The number of hydrazine groups is 1. The Morgan fingerprint density at radius 2 is 2.04 bits per heavy atom. The second-order valence-electron chi connectivity index (χ2n) is 5.90. The van der Waals surface area contributed by atoms with Crippen LogP contribution in [0.4, 0.5) is 10.7 Å². The Balaban J connectivity index is 1.29. The van der Waals surface area contributed by atoms with Crippen molar-refractivity contribution < 1.29 is 9.53 Å². The van der Waals surface area contributed by atoms with Gasteiger partial charge in [-0.2, -0.15) is 4.98 Å². The topological polar surface area (TPSA) is 92.6 Å². The van der Waals surface area contributed by atoms with Crippen LogP contribution in [0.2, 0.25) is 0 Å². The van der Waals surface area contributed by atoms with E-state index in [-0.39, 0.29) is 6.03 Å². The number of fused-ring (bicyclic) bond motifs is 1. The molecule has 1 aromatic carbocycles. The van der Waals surface area contributed by atoms with Crippen LogP contribution in [0.5, 0.6) is 5.75 Å². The van der Waals surface area contributed by atoms with E-state index in [1.165, 1.54) is 0 Å². The predicted molar refractivity (Wildman–Crippen MR) is 108 cm³/mol. The molecule has 142 valence electrons. The number of rotatable bonds is 6. The average molecular weight is 394 g/mol. The molecule has 3 heterocycles. The highest BCUT2D eigenvalue weighted by Gasteiger charge is 2.07. The van der Waals surface area contributed by atoms with Gasteiger partial charge >= 0.3 is 6.03 Å². The molecular weight excluding hydrogens is 376 g/mol. The van der Waals surface area contributed by atoms with E-state index in [0.29, 0.717) is 18.1 Å². The fraction of sp³-hybridized carbons (Fsp3) is 0.105. The summed E-state index contributed by atoms with van der Waals surface area (Å²) in [6.07, 6.45) is 1.78. The lowest BCUT2D eigenvalue weighted by atomic mass is 10.1. The number of benzene rings is 1. The molecule has 0 saturated carbocycles. The maximum atomic E-state index is 12.0. The normalized spacial score (nSPS) is 10.6. The van der Waals surface area contributed by atoms with Gasteiger partial charge in [0, 0.05) is 11.1 Å². The molecule has 3 N–H and O–H groups in total. The van der Waals surface area contributed by atoms with Crippen molar-refractivity contribution in [1.29, 1.82) is 0 Å². The fourth-order valence-electron chi connectivity index (χ4n) is 2.62. The number of carbonyl (C=O) groups is 1. The second-order valence-corrected chi connectivity index (χ2v) is 6.90. The molecule has 4 aromatic rings. The number of ether oxygens (including phenoxy) is 1. The molecule has 9 heteroatoms. The molecule has 0 bridgehead atoms. The number of nitrogens with one attached hydrogen (secondary N) is 3. The molecule has 0 aliphatic rings. The molecule has 0 atom stereocenters. The summed E-state index contributed by atoms with van der Waals surface area (Å²) in [5, 5.41) is 9.06. The summed E-state index contributed by atoms with van der Waals surface area (Å²) in [6.45, 7) is 0.424. The van der Waals surface area contributed by atoms with Gasteiger partial charge in [-0.05, 0) is 46.8 Å². The molecular formula is C19H18N6O2S. The molecule has 8 nitrogen and oxygen atoms in total. The lowest BCUT2D eigenvalue weighted by Crippen LogP contribution is -2.38. The molecule has 28 heavy (non-hydrogen) atoms. The summed E-state index contributed by atoms with van der Waals surface area (Å²) in [7, 11) is 1.65. The molecule has 0 fully saturated rings. The summed E-state index contributed by atoms with van der Waals surface area (Å²) in [4.78, 5) is 17.3. The first kappa shape index (κ1) is 17.8. The van der Waals surface area contributed by atoms with Crippen molar-refractivity contribution in [3.63, 3.8) is 0 Å². The zero-order valence-electron chi connectivity index (χ0n) is 15.0. The number of nitrogens with zero attached hydrogens (tertiary/aromatic N) is 3. The van der Waals surface area contributed by atoms with E-state index in [1.54, 1.807) is 29.2 Å². The van der Waals surface area contributed by atoms with Gasteiger partial charge in [-0.15, -0.1) is 16.4 Å². The molecule has 0 saturated heterocycles. The van der Waals surface area contributed by atoms with E-state index in [9.17, 15) is 4.79 Å². The van der Waals surface area contributed by atoms with Gasteiger partial charge in [0.25, 0.3) is 5.95 Å². The summed E-state index contributed by atoms with van der Waals surface area (Å²) in [6, 6.07) is 15.1. The van der Waals surface area contributed by atoms with Crippen LogP contribution in [0.3, 0.4) is 0 Å². The minimum absolute atomic E-state index is 0.319. The van der Waals surface area contributed by atoms with Crippen LogP contribution < -0.4 is 20.9 Å². The van der Waals surface area contributed by atoms with Crippen molar-refractivity contribution in [2.75, 3.05) is 12.5 Å². The third kappa shape index (κ3) is 4.04. The first-order valence-corrected chi connectivity index (χ1v) is 9.42. The summed E-state index contributed by atoms with van der Waals surface area (Å²) >= 11 is 1.59. The number of carbonyl (C=O) groups excluding carboxylic acids is 1. The van der Waals surface area contributed by atoms with Gasteiger partial charge in [0.1, 0.15) is 5.75 Å². The van der Waals surface area contributed by atoms with Crippen LogP contribution in [-0.4, -0.2) is 27.7 Å². The average Bonchev–Trinajstić information content (AvgIpc) is 3.37. The molecule has 4 rings (SSSR count). The standard InChI is InChI=1S/C19H18N6O2S/c1-27-15-7-5-13(6-8-15)14-10-16(28-12-14)11-20-19(26)23-22-18-21-17-4-2-3-9-25(17)24-18/h2-10,12H,11H2,1H3,(H,22,24)(H2,20,23,26). The number of thiophene rings is 1. The first-order valence-electron chi connectivity index (χ1n) is 8.54. The van der Waals surface area contributed by atoms with Crippen molar-refractivity contribution in [3.05, 3.63) is 65.0 Å². The maximum Gasteiger partial charge on any atom is 0.333 e. The molecule has 0 unspecified atom stereocenters. The Bertz CT molecular complexity index is 1060. The van der Waals surface area contributed by atoms with E-state index >= 15 is 0 Å². The zero-order valence-corrected chi connectivity index (χ0v) is 15.9. The molecule has 0 spiro atoms. The van der Waals surface area contributed by atoms with Gasteiger partial charge in [0.05, 0.1) is 13.7 Å². The molecule has 0 aliphatic carbocycles. The highest BCUT2D eigenvalue weighted by Crippen LogP contribution is 2.27. The minimum Gasteiger partial charge on any atom is -0.497 e.